The van der Waals surface area contributed by atoms with Gasteiger partial charge in [0.1, 0.15) is 17.7 Å². The number of imidazole rings is 1. The molecule has 1 N–H and O–H groups in total. The van der Waals surface area contributed by atoms with E-state index in [0.29, 0.717) is 6.61 Å². The number of unbranched alkanes of at least 4 members (excludes halogenated alkanes) is 1. The molecule has 0 aliphatic carbocycles. The van der Waals surface area contributed by atoms with E-state index in [1.165, 1.54) is 22.3 Å². The minimum atomic E-state index is -0.579. The Morgan fingerprint density at radius 2 is 1.74 bits per heavy atom. The molecule has 144 valence electrons. The second-order valence-corrected chi connectivity index (χ2v) is 7.55. The molecular formula is C23H30N2O2. The molecule has 0 spiro atoms. The summed E-state index contributed by atoms with van der Waals surface area (Å²) in [6.45, 7) is 11.7. The van der Waals surface area contributed by atoms with E-state index in [-0.39, 0.29) is 0 Å². The van der Waals surface area contributed by atoms with Crippen molar-refractivity contribution < 1.29 is 9.84 Å². The van der Waals surface area contributed by atoms with Gasteiger partial charge in [0, 0.05) is 6.54 Å². The van der Waals surface area contributed by atoms with Crippen LogP contribution in [-0.4, -0.2) is 21.3 Å². The van der Waals surface area contributed by atoms with E-state index < -0.39 is 6.10 Å². The van der Waals surface area contributed by atoms with Crippen LogP contribution < -0.4 is 4.74 Å². The van der Waals surface area contributed by atoms with Crippen molar-refractivity contribution in [2.45, 2.75) is 60.1 Å². The lowest BCUT2D eigenvalue weighted by Crippen LogP contribution is -2.08. The number of ether oxygens (including phenoxy) is 1. The number of aliphatic hydroxyl groups excluding tert-OH is 1. The number of hydrogen-bond acceptors (Lipinski definition) is 3. The summed E-state index contributed by atoms with van der Waals surface area (Å²) in [5.74, 6) is 1.71. The monoisotopic (exact) mass is 366 g/mol. The lowest BCUT2D eigenvalue weighted by Gasteiger charge is -2.13. The Hall–Kier alpha value is -2.33. The Morgan fingerprint density at radius 3 is 2.48 bits per heavy atom. The van der Waals surface area contributed by atoms with Gasteiger partial charge in [-0.3, -0.25) is 0 Å². The van der Waals surface area contributed by atoms with Crippen LogP contribution in [0.1, 0.15) is 53.9 Å². The molecule has 27 heavy (non-hydrogen) atoms. The van der Waals surface area contributed by atoms with Crippen molar-refractivity contribution in [2.75, 3.05) is 6.61 Å². The quantitative estimate of drug-likeness (QED) is 0.586. The molecule has 0 bridgehead atoms. The van der Waals surface area contributed by atoms with Gasteiger partial charge in [0.2, 0.25) is 0 Å². The first-order valence-corrected chi connectivity index (χ1v) is 9.72. The normalized spacial score (nSPS) is 12.5. The average Bonchev–Trinajstić information content (AvgIpc) is 2.96. The molecular weight excluding hydrogens is 336 g/mol. The Labute approximate surface area is 161 Å². The number of nitrogens with zero attached hydrogens (tertiary/aromatic N) is 2. The van der Waals surface area contributed by atoms with E-state index in [1.807, 2.05) is 0 Å². The molecule has 4 heteroatoms. The van der Waals surface area contributed by atoms with Crippen molar-refractivity contribution in [3.63, 3.8) is 0 Å². The Morgan fingerprint density at radius 1 is 1.00 bits per heavy atom. The fourth-order valence-electron chi connectivity index (χ4n) is 3.37. The average molecular weight is 367 g/mol. The highest BCUT2D eigenvalue weighted by Gasteiger charge is 2.15. The lowest BCUT2D eigenvalue weighted by atomic mass is 10.1. The van der Waals surface area contributed by atoms with Crippen LogP contribution in [0.25, 0.3) is 11.0 Å². The summed E-state index contributed by atoms with van der Waals surface area (Å²) in [4.78, 5) is 4.66. The van der Waals surface area contributed by atoms with Gasteiger partial charge in [0.15, 0.2) is 0 Å². The fourth-order valence-corrected chi connectivity index (χ4v) is 3.37. The molecule has 1 heterocycles. The molecule has 1 atom stereocenters. The van der Waals surface area contributed by atoms with Crippen LogP contribution >= 0.6 is 0 Å². The molecule has 0 aliphatic heterocycles. The third-order valence-electron chi connectivity index (χ3n) is 5.14. The zero-order valence-electron chi connectivity index (χ0n) is 17.0. The summed E-state index contributed by atoms with van der Waals surface area (Å²) in [5, 5.41) is 10.1. The van der Waals surface area contributed by atoms with E-state index in [4.69, 9.17) is 4.74 Å². The standard InChI is InChI=1S/C23H30N2O2/c1-15-8-9-16(2)22(12-15)27-11-7-6-10-25-21-14-18(4)17(3)13-20(21)24-23(25)19(5)26/h8-9,12-14,19,26H,6-7,10-11H2,1-5H3. The van der Waals surface area contributed by atoms with Crippen LogP contribution in [0.5, 0.6) is 5.75 Å². The number of benzene rings is 2. The fraction of sp³-hybridized carbons (Fsp3) is 0.435. The zero-order valence-corrected chi connectivity index (χ0v) is 17.0. The van der Waals surface area contributed by atoms with Gasteiger partial charge < -0.3 is 14.4 Å². The van der Waals surface area contributed by atoms with E-state index in [2.05, 4.69) is 67.6 Å². The SMILES string of the molecule is Cc1ccc(C)c(OCCCCn2c(C(C)O)nc3cc(C)c(C)cc32)c1. The van der Waals surface area contributed by atoms with Crippen LogP contribution in [0.4, 0.5) is 0 Å². The van der Waals surface area contributed by atoms with Crippen molar-refractivity contribution in [2.24, 2.45) is 0 Å². The predicted octanol–water partition coefficient (Wildman–Crippen LogP) is 5.18. The highest BCUT2D eigenvalue weighted by Crippen LogP contribution is 2.25. The van der Waals surface area contributed by atoms with E-state index in [1.54, 1.807) is 6.92 Å². The van der Waals surface area contributed by atoms with Gasteiger partial charge in [-0.1, -0.05) is 12.1 Å². The smallest absolute Gasteiger partial charge is 0.138 e. The maximum Gasteiger partial charge on any atom is 0.138 e. The summed E-state index contributed by atoms with van der Waals surface area (Å²) in [6, 6.07) is 10.6. The van der Waals surface area contributed by atoms with Gasteiger partial charge in [-0.05, 0) is 87.9 Å². The lowest BCUT2D eigenvalue weighted by molar-refractivity contribution is 0.184. The number of rotatable bonds is 7. The second-order valence-electron chi connectivity index (χ2n) is 7.55. The van der Waals surface area contributed by atoms with Crippen LogP contribution in [0.15, 0.2) is 30.3 Å². The highest BCUT2D eigenvalue weighted by atomic mass is 16.5. The molecule has 0 radical (unpaired) electrons. The van der Waals surface area contributed by atoms with Gasteiger partial charge in [0.25, 0.3) is 0 Å². The van der Waals surface area contributed by atoms with Crippen molar-refractivity contribution in [1.82, 2.24) is 9.55 Å². The van der Waals surface area contributed by atoms with Crippen molar-refractivity contribution in [1.29, 1.82) is 0 Å². The maximum absolute atomic E-state index is 10.1. The summed E-state index contributed by atoms with van der Waals surface area (Å²) in [5.41, 5.74) is 6.92. The minimum absolute atomic E-state index is 0.579. The summed E-state index contributed by atoms with van der Waals surface area (Å²) >= 11 is 0. The predicted molar refractivity (Wildman–Crippen MR) is 110 cm³/mol. The Bertz CT molecular complexity index is 941. The van der Waals surface area contributed by atoms with Crippen LogP contribution in [0, 0.1) is 27.7 Å². The molecule has 1 aromatic heterocycles. The molecule has 3 aromatic rings. The van der Waals surface area contributed by atoms with E-state index in [0.717, 1.165) is 42.0 Å². The number of aryl methyl sites for hydroxylation is 5. The highest BCUT2D eigenvalue weighted by molar-refractivity contribution is 5.78. The first-order chi connectivity index (χ1) is 12.9. The largest absolute Gasteiger partial charge is 0.493 e. The Kier molecular flexibility index (Phi) is 5.85. The first-order valence-electron chi connectivity index (χ1n) is 9.72. The maximum atomic E-state index is 10.1. The minimum Gasteiger partial charge on any atom is -0.493 e. The van der Waals surface area contributed by atoms with Gasteiger partial charge >= 0.3 is 0 Å². The third-order valence-corrected chi connectivity index (χ3v) is 5.14. The summed E-state index contributed by atoms with van der Waals surface area (Å²) in [7, 11) is 0. The van der Waals surface area contributed by atoms with Crippen LogP contribution in [0.2, 0.25) is 0 Å². The molecule has 0 amide bonds. The summed E-state index contributed by atoms with van der Waals surface area (Å²) in [6.07, 6.45) is 1.35. The molecule has 0 saturated carbocycles. The number of hydrogen-bond donors (Lipinski definition) is 1. The van der Waals surface area contributed by atoms with Gasteiger partial charge in [-0.2, -0.15) is 0 Å². The van der Waals surface area contributed by atoms with Crippen LogP contribution in [0.3, 0.4) is 0 Å². The summed E-state index contributed by atoms with van der Waals surface area (Å²) < 4.78 is 8.12. The molecule has 0 fully saturated rings. The molecule has 2 aromatic carbocycles. The topological polar surface area (TPSA) is 47.3 Å². The van der Waals surface area contributed by atoms with Crippen molar-refractivity contribution >= 4 is 11.0 Å². The second kappa shape index (κ2) is 8.13. The van der Waals surface area contributed by atoms with Gasteiger partial charge in [-0.25, -0.2) is 4.98 Å². The molecule has 0 aliphatic rings. The van der Waals surface area contributed by atoms with Crippen LogP contribution in [-0.2, 0) is 6.54 Å². The van der Waals surface area contributed by atoms with Gasteiger partial charge in [-0.15, -0.1) is 0 Å². The Balaban J connectivity index is 1.67. The first kappa shape index (κ1) is 19.4. The van der Waals surface area contributed by atoms with E-state index in [9.17, 15) is 5.11 Å². The number of fused-ring (bicyclic) bond motifs is 1. The molecule has 1 unspecified atom stereocenters. The number of aromatic nitrogens is 2. The number of aliphatic hydroxyl groups is 1. The van der Waals surface area contributed by atoms with Crippen molar-refractivity contribution in [3.05, 3.63) is 58.4 Å². The third kappa shape index (κ3) is 4.33. The molecule has 4 nitrogen and oxygen atoms in total. The van der Waals surface area contributed by atoms with E-state index >= 15 is 0 Å². The van der Waals surface area contributed by atoms with Crippen molar-refractivity contribution in [3.8, 4) is 5.75 Å². The van der Waals surface area contributed by atoms with Gasteiger partial charge in [0.05, 0.1) is 17.6 Å². The zero-order chi connectivity index (χ0) is 19.6. The molecule has 0 saturated heterocycles. The molecule has 3 rings (SSSR count).